The number of rotatable bonds is 6. The summed E-state index contributed by atoms with van der Waals surface area (Å²) in [5.41, 5.74) is 0. The van der Waals surface area contributed by atoms with Crippen molar-refractivity contribution in [3.8, 4) is 5.75 Å². The molecule has 0 saturated heterocycles. The van der Waals surface area contributed by atoms with Crippen molar-refractivity contribution >= 4 is 16.0 Å². The minimum atomic E-state index is -4.94. The number of alkyl halides is 3. The molecule has 0 aromatic heterocycles. The number of benzene rings is 1. The molecule has 22 heavy (non-hydrogen) atoms. The Morgan fingerprint density at radius 3 is 2.50 bits per heavy atom. The van der Waals surface area contributed by atoms with Gasteiger partial charge in [-0.3, -0.25) is 4.79 Å². The summed E-state index contributed by atoms with van der Waals surface area (Å²) in [6.07, 6.45) is -4.94. The number of carboxylic acid groups (broad SMARTS) is 1. The van der Waals surface area contributed by atoms with Crippen molar-refractivity contribution in [2.75, 3.05) is 13.6 Å². The van der Waals surface area contributed by atoms with Crippen molar-refractivity contribution in [2.45, 2.75) is 18.2 Å². The molecular weight excluding hydrogens is 327 g/mol. The minimum absolute atomic E-state index is 0.317. The standard InChI is InChI=1S/C12H14F3NO5S/c1-8(11(17)18)7-16(2)22(19,20)10-5-3-4-9(6-10)21-12(13,14)15/h3-6,8H,7H2,1-2H3,(H,17,18). The minimum Gasteiger partial charge on any atom is -0.481 e. The first-order valence-corrected chi connectivity index (χ1v) is 7.42. The Labute approximate surface area is 125 Å². The van der Waals surface area contributed by atoms with Crippen LogP contribution in [0.4, 0.5) is 13.2 Å². The van der Waals surface area contributed by atoms with Crippen molar-refractivity contribution in [1.29, 1.82) is 0 Å². The van der Waals surface area contributed by atoms with Crippen molar-refractivity contribution in [3.63, 3.8) is 0 Å². The van der Waals surface area contributed by atoms with E-state index >= 15 is 0 Å². The van der Waals surface area contributed by atoms with Crippen LogP contribution in [0.5, 0.6) is 5.75 Å². The maximum absolute atomic E-state index is 12.2. The zero-order valence-electron chi connectivity index (χ0n) is 11.7. The molecule has 6 nitrogen and oxygen atoms in total. The first-order valence-electron chi connectivity index (χ1n) is 5.98. The molecule has 1 unspecified atom stereocenters. The van der Waals surface area contributed by atoms with Crippen LogP contribution >= 0.6 is 0 Å². The van der Waals surface area contributed by atoms with Crippen molar-refractivity contribution in [3.05, 3.63) is 24.3 Å². The van der Waals surface area contributed by atoms with Crippen LogP contribution in [0.2, 0.25) is 0 Å². The van der Waals surface area contributed by atoms with Gasteiger partial charge in [0.2, 0.25) is 10.0 Å². The van der Waals surface area contributed by atoms with Crippen molar-refractivity contribution in [1.82, 2.24) is 4.31 Å². The Morgan fingerprint density at radius 1 is 1.41 bits per heavy atom. The molecule has 124 valence electrons. The molecule has 0 aliphatic carbocycles. The highest BCUT2D eigenvalue weighted by Gasteiger charge is 2.32. The van der Waals surface area contributed by atoms with Gasteiger partial charge in [0.05, 0.1) is 10.8 Å². The second-order valence-corrected chi connectivity index (χ2v) is 6.59. The second kappa shape index (κ2) is 6.53. The summed E-state index contributed by atoms with van der Waals surface area (Å²) < 4.78 is 65.3. The average Bonchev–Trinajstić information content (AvgIpc) is 2.36. The van der Waals surface area contributed by atoms with Crippen LogP contribution in [0.3, 0.4) is 0 Å². The molecule has 0 aliphatic heterocycles. The summed E-state index contributed by atoms with van der Waals surface area (Å²) in [4.78, 5) is 10.3. The number of ether oxygens (including phenoxy) is 1. The van der Waals surface area contributed by atoms with E-state index in [2.05, 4.69) is 4.74 Å². The highest BCUT2D eigenvalue weighted by Crippen LogP contribution is 2.26. The molecule has 0 bridgehead atoms. The average molecular weight is 341 g/mol. The van der Waals surface area contributed by atoms with Gasteiger partial charge in [-0.25, -0.2) is 12.7 Å². The fourth-order valence-electron chi connectivity index (χ4n) is 1.57. The van der Waals surface area contributed by atoms with E-state index in [9.17, 15) is 26.4 Å². The summed E-state index contributed by atoms with van der Waals surface area (Å²) in [5, 5.41) is 8.77. The normalized spacial score (nSPS) is 13.9. The molecule has 0 amide bonds. The number of carboxylic acids is 1. The number of sulfonamides is 1. The van der Waals surface area contributed by atoms with E-state index < -0.39 is 38.9 Å². The van der Waals surface area contributed by atoms with Gasteiger partial charge in [0.15, 0.2) is 0 Å². The fraction of sp³-hybridized carbons (Fsp3) is 0.417. The summed E-state index contributed by atoms with van der Waals surface area (Å²) >= 11 is 0. The Hall–Kier alpha value is -1.81. The smallest absolute Gasteiger partial charge is 0.481 e. The first-order chi connectivity index (χ1) is 9.93. The van der Waals surface area contributed by atoms with Gasteiger partial charge in [0.1, 0.15) is 5.75 Å². The summed E-state index contributed by atoms with van der Waals surface area (Å²) in [7, 11) is -2.98. The van der Waals surface area contributed by atoms with E-state index in [1.165, 1.54) is 6.92 Å². The van der Waals surface area contributed by atoms with Gasteiger partial charge in [0.25, 0.3) is 0 Å². The summed E-state index contributed by atoms with van der Waals surface area (Å²) in [6.45, 7) is 1.000. The van der Waals surface area contributed by atoms with Gasteiger partial charge >= 0.3 is 12.3 Å². The lowest BCUT2D eigenvalue weighted by Gasteiger charge is -2.19. The molecular formula is C12H14F3NO5S. The molecule has 0 saturated carbocycles. The highest BCUT2D eigenvalue weighted by molar-refractivity contribution is 7.89. The zero-order valence-corrected chi connectivity index (χ0v) is 12.5. The van der Waals surface area contributed by atoms with Gasteiger partial charge in [0, 0.05) is 19.7 Å². The second-order valence-electron chi connectivity index (χ2n) is 4.55. The number of hydrogen-bond donors (Lipinski definition) is 1. The highest BCUT2D eigenvalue weighted by atomic mass is 32.2. The van der Waals surface area contributed by atoms with E-state index in [0.29, 0.717) is 0 Å². The molecule has 1 aromatic carbocycles. The monoisotopic (exact) mass is 341 g/mol. The first kappa shape index (κ1) is 18.2. The third-order valence-corrected chi connectivity index (χ3v) is 4.52. The van der Waals surface area contributed by atoms with E-state index in [1.54, 1.807) is 0 Å². The fourth-order valence-corrected chi connectivity index (χ4v) is 2.87. The number of aliphatic carboxylic acids is 1. The Morgan fingerprint density at radius 2 is 2.00 bits per heavy atom. The zero-order chi connectivity index (χ0) is 17.1. The number of carbonyl (C=O) groups is 1. The van der Waals surface area contributed by atoms with E-state index in [1.807, 2.05) is 0 Å². The van der Waals surface area contributed by atoms with Crippen LogP contribution < -0.4 is 4.74 Å². The number of hydrogen-bond acceptors (Lipinski definition) is 4. The van der Waals surface area contributed by atoms with Crippen LogP contribution in [0.15, 0.2) is 29.2 Å². The van der Waals surface area contributed by atoms with Gasteiger partial charge in [-0.1, -0.05) is 13.0 Å². The van der Waals surface area contributed by atoms with Crippen molar-refractivity contribution in [2.24, 2.45) is 5.92 Å². The molecule has 0 fully saturated rings. The van der Waals surface area contributed by atoms with Crippen LogP contribution in [-0.2, 0) is 14.8 Å². The molecule has 1 atom stereocenters. The summed E-state index contributed by atoms with van der Waals surface area (Å²) in [6, 6.07) is 3.89. The Kier molecular flexibility index (Phi) is 5.41. The van der Waals surface area contributed by atoms with E-state index in [0.717, 1.165) is 35.6 Å². The molecule has 0 spiro atoms. The topological polar surface area (TPSA) is 83.9 Å². The molecule has 0 aliphatic rings. The van der Waals surface area contributed by atoms with E-state index in [4.69, 9.17) is 5.11 Å². The molecule has 10 heteroatoms. The lowest BCUT2D eigenvalue weighted by Crippen LogP contribution is -2.33. The maximum atomic E-state index is 12.2. The molecule has 1 rings (SSSR count). The molecule has 0 heterocycles. The third-order valence-electron chi connectivity index (χ3n) is 2.70. The maximum Gasteiger partial charge on any atom is 0.573 e. The molecule has 1 aromatic rings. The predicted octanol–water partition coefficient (Wildman–Crippen LogP) is 1.93. The quantitative estimate of drug-likeness (QED) is 0.855. The van der Waals surface area contributed by atoms with E-state index in [-0.39, 0.29) is 6.54 Å². The number of halogens is 3. The molecule has 0 radical (unpaired) electrons. The van der Waals surface area contributed by atoms with Crippen molar-refractivity contribution < 1.29 is 36.2 Å². The Balaban J connectivity index is 3.02. The largest absolute Gasteiger partial charge is 0.573 e. The van der Waals surface area contributed by atoms with Gasteiger partial charge in [-0.15, -0.1) is 13.2 Å². The van der Waals surface area contributed by atoms with Crippen LogP contribution in [0.25, 0.3) is 0 Å². The molecule has 1 N–H and O–H groups in total. The van der Waals surface area contributed by atoms with Gasteiger partial charge in [-0.05, 0) is 12.1 Å². The Bertz CT molecular complexity index is 644. The van der Waals surface area contributed by atoms with Gasteiger partial charge in [-0.2, -0.15) is 0 Å². The lowest BCUT2D eigenvalue weighted by molar-refractivity contribution is -0.274. The third kappa shape index (κ3) is 4.88. The number of nitrogens with zero attached hydrogens (tertiary/aromatic N) is 1. The van der Waals surface area contributed by atoms with Crippen LogP contribution in [0, 0.1) is 5.92 Å². The summed E-state index contributed by atoms with van der Waals surface area (Å²) in [5.74, 6) is -2.82. The SMILES string of the molecule is CC(CN(C)S(=O)(=O)c1cccc(OC(F)(F)F)c1)C(=O)O. The van der Waals surface area contributed by atoms with Crippen LogP contribution in [0.1, 0.15) is 6.92 Å². The lowest BCUT2D eigenvalue weighted by atomic mass is 10.2. The van der Waals surface area contributed by atoms with Crippen LogP contribution in [-0.4, -0.2) is 43.8 Å². The van der Waals surface area contributed by atoms with Gasteiger partial charge < -0.3 is 9.84 Å². The predicted molar refractivity (Wildman–Crippen MR) is 69.7 cm³/mol.